The maximum absolute atomic E-state index is 10.7. The molecule has 0 aliphatic heterocycles. The van der Waals surface area contributed by atoms with E-state index in [1.54, 1.807) is 0 Å². The van der Waals surface area contributed by atoms with Gasteiger partial charge in [-0.3, -0.25) is 4.57 Å². The Balaban J connectivity index is 4.81. The SMILES string of the molecule is C=CCC(P(=O)(O)O)P(O)(O)=S. The molecule has 12 heavy (non-hydrogen) atoms. The number of hydrogen-bond donors (Lipinski definition) is 4. The summed E-state index contributed by atoms with van der Waals surface area (Å²) < 4.78 is 10.7. The second-order valence-corrected chi connectivity index (χ2v) is 7.81. The molecular formula is C4H10O5P2S. The first kappa shape index (κ1) is 12.5. The van der Waals surface area contributed by atoms with Gasteiger partial charge in [-0.2, -0.15) is 0 Å². The summed E-state index contributed by atoms with van der Waals surface area (Å²) in [5.74, 6) is 0. The molecule has 8 heteroatoms. The van der Waals surface area contributed by atoms with Gasteiger partial charge in [0, 0.05) is 0 Å². The Bertz CT molecular complexity index is 230. The lowest BCUT2D eigenvalue weighted by Crippen LogP contribution is -2.07. The third-order valence-corrected chi connectivity index (χ3v) is 6.23. The lowest BCUT2D eigenvalue weighted by atomic mass is 10.5. The molecule has 0 aliphatic rings. The predicted molar refractivity (Wildman–Crippen MR) is 49.4 cm³/mol. The first-order valence-corrected chi connectivity index (χ1v) is 7.36. The summed E-state index contributed by atoms with van der Waals surface area (Å²) >= 11 is 4.20. The average Bonchev–Trinajstić information content (AvgIpc) is 1.77. The van der Waals surface area contributed by atoms with Crippen LogP contribution in [-0.4, -0.2) is 25.0 Å². The summed E-state index contributed by atoms with van der Waals surface area (Å²) in [6.45, 7) is -0.682. The predicted octanol–water partition coefficient (Wildman–Crippen LogP) is 0.360. The molecule has 0 aromatic carbocycles. The Morgan fingerprint density at radius 3 is 1.92 bits per heavy atom. The van der Waals surface area contributed by atoms with Crippen molar-refractivity contribution in [2.45, 2.75) is 11.8 Å². The second-order valence-electron chi connectivity index (χ2n) is 2.18. The van der Waals surface area contributed by atoms with E-state index in [4.69, 9.17) is 19.6 Å². The van der Waals surface area contributed by atoms with Gasteiger partial charge < -0.3 is 19.6 Å². The molecule has 0 aromatic rings. The standard InChI is InChI=1S/C4H10O5P2S/c1-2-3-4(10(5,6)7)11(8,9)12/h2,4H,1,3H2,(H2,5,6,7)(H2,8,9,12). The second kappa shape index (κ2) is 4.11. The van der Waals surface area contributed by atoms with E-state index in [9.17, 15) is 4.57 Å². The van der Waals surface area contributed by atoms with E-state index in [-0.39, 0.29) is 6.42 Å². The Morgan fingerprint density at radius 2 is 1.83 bits per heavy atom. The van der Waals surface area contributed by atoms with E-state index in [1.165, 1.54) is 6.08 Å². The molecule has 0 rings (SSSR count). The van der Waals surface area contributed by atoms with Crippen LogP contribution in [0.1, 0.15) is 6.42 Å². The molecule has 0 radical (unpaired) electrons. The number of rotatable bonds is 4. The van der Waals surface area contributed by atoms with Crippen molar-refractivity contribution in [2.24, 2.45) is 0 Å². The van der Waals surface area contributed by atoms with Gasteiger partial charge in [-0.15, -0.1) is 6.58 Å². The maximum atomic E-state index is 10.7. The summed E-state index contributed by atoms with van der Waals surface area (Å²) in [5, 5.41) is -1.59. The number of hydrogen-bond acceptors (Lipinski definition) is 2. The molecule has 0 bridgehead atoms. The van der Waals surface area contributed by atoms with Gasteiger partial charge in [-0.1, -0.05) is 6.08 Å². The first-order chi connectivity index (χ1) is 5.19. The molecule has 72 valence electrons. The normalized spacial score (nSPS) is 15.7. The zero-order valence-electron chi connectivity index (χ0n) is 6.07. The molecule has 0 aromatic heterocycles. The number of allylic oxidation sites excluding steroid dienone is 1. The Kier molecular flexibility index (Phi) is 4.27. The molecule has 1 atom stereocenters. The molecule has 0 spiro atoms. The highest BCUT2D eigenvalue weighted by Crippen LogP contribution is 2.61. The van der Waals surface area contributed by atoms with Crippen LogP contribution >= 0.6 is 14.1 Å². The summed E-state index contributed by atoms with van der Waals surface area (Å²) in [6.07, 6.45) is 0.992. The fourth-order valence-corrected chi connectivity index (χ4v) is 4.40. The monoisotopic (exact) mass is 232 g/mol. The van der Waals surface area contributed by atoms with E-state index in [0.29, 0.717) is 0 Å². The molecule has 0 fully saturated rings. The van der Waals surface area contributed by atoms with Gasteiger partial charge in [-0.05, 0) is 18.2 Å². The van der Waals surface area contributed by atoms with Crippen LogP contribution in [0, 0.1) is 0 Å². The van der Waals surface area contributed by atoms with Crippen LogP contribution in [0.2, 0.25) is 0 Å². The fraction of sp³-hybridized carbons (Fsp3) is 0.500. The van der Waals surface area contributed by atoms with Gasteiger partial charge in [0.1, 0.15) is 5.40 Å². The van der Waals surface area contributed by atoms with Crippen molar-refractivity contribution in [1.82, 2.24) is 0 Å². The first-order valence-electron chi connectivity index (χ1n) is 2.91. The summed E-state index contributed by atoms with van der Waals surface area (Å²) in [4.78, 5) is 35.1. The molecule has 1 unspecified atom stereocenters. The van der Waals surface area contributed by atoms with E-state index >= 15 is 0 Å². The highest BCUT2D eigenvalue weighted by molar-refractivity contribution is 8.11. The van der Waals surface area contributed by atoms with Gasteiger partial charge in [0.15, 0.2) is 6.49 Å². The Hall–Kier alpha value is 0.460. The summed E-state index contributed by atoms with van der Waals surface area (Å²) in [7, 11) is -4.54. The van der Waals surface area contributed by atoms with Crippen LogP contribution in [-0.2, 0) is 16.4 Å². The summed E-state index contributed by atoms with van der Waals surface area (Å²) in [5.41, 5.74) is 0. The van der Waals surface area contributed by atoms with E-state index < -0.39 is 19.5 Å². The molecule has 0 aliphatic carbocycles. The smallest absolute Gasteiger partial charge is 0.338 e. The van der Waals surface area contributed by atoms with Gasteiger partial charge in [0.2, 0.25) is 0 Å². The largest absolute Gasteiger partial charge is 0.345 e. The topological polar surface area (TPSA) is 98.0 Å². The maximum Gasteiger partial charge on any atom is 0.338 e. The van der Waals surface area contributed by atoms with E-state index in [2.05, 4.69) is 18.4 Å². The van der Waals surface area contributed by atoms with Crippen molar-refractivity contribution >= 4 is 25.9 Å². The zero-order chi connectivity index (χ0) is 9.99. The molecule has 0 saturated carbocycles. The van der Waals surface area contributed by atoms with Gasteiger partial charge in [-0.25, -0.2) is 0 Å². The van der Waals surface area contributed by atoms with Crippen molar-refractivity contribution in [3.63, 3.8) is 0 Å². The minimum atomic E-state index is -4.54. The minimum absolute atomic E-state index is 0.200. The minimum Gasteiger partial charge on any atom is -0.345 e. The Labute approximate surface area is 75.1 Å². The van der Waals surface area contributed by atoms with Gasteiger partial charge in [0.25, 0.3) is 0 Å². The van der Waals surface area contributed by atoms with Crippen molar-refractivity contribution in [1.29, 1.82) is 0 Å². The van der Waals surface area contributed by atoms with Crippen LogP contribution < -0.4 is 0 Å². The quantitative estimate of drug-likeness (QED) is 0.412. The van der Waals surface area contributed by atoms with Crippen LogP contribution in [0.4, 0.5) is 0 Å². The molecule has 5 nitrogen and oxygen atoms in total. The molecular weight excluding hydrogens is 222 g/mol. The van der Waals surface area contributed by atoms with E-state index in [1.807, 2.05) is 0 Å². The van der Waals surface area contributed by atoms with Crippen LogP contribution in [0.15, 0.2) is 12.7 Å². The van der Waals surface area contributed by atoms with Crippen molar-refractivity contribution in [3.05, 3.63) is 12.7 Å². The zero-order valence-corrected chi connectivity index (χ0v) is 8.67. The van der Waals surface area contributed by atoms with Crippen molar-refractivity contribution in [2.75, 3.05) is 0 Å². The fourth-order valence-electron chi connectivity index (χ4n) is 0.620. The third kappa shape index (κ3) is 3.92. The Morgan fingerprint density at radius 1 is 1.42 bits per heavy atom. The molecule has 0 amide bonds. The molecule has 4 N–H and O–H groups in total. The van der Waals surface area contributed by atoms with Crippen LogP contribution in [0.25, 0.3) is 0 Å². The van der Waals surface area contributed by atoms with Crippen molar-refractivity contribution < 1.29 is 24.1 Å². The highest BCUT2D eigenvalue weighted by atomic mass is 32.5. The summed E-state index contributed by atoms with van der Waals surface area (Å²) in [6, 6.07) is 0. The van der Waals surface area contributed by atoms with E-state index in [0.717, 1.165) is 0 Å². The highest BCUT2D eigenvalue weighted by Gasteiger charge is 2.38. The third-order valence-electron chi connectivity index (χ3n) is 1.15. The van der Waals surface area contributed by atoms with Crippen molar-refractivity contribution in [3.8, 4) is 0 Å². The average molecular weight is 232 g/mol. The van der Waals surface area contributed by atoms with Crippen LogP contribution in [0.3, 0.4) is 0 Å². The lowest BCUT2D eigenvalue weighted by Gasteiger charge is -2.20. The molecule has 0 saturated heterocycles. The van der Waals surface area contributed by atoms with Gasteiger partial charge >= 0.3 is 7.60 Å². The lowest BCUT2D eigenvalue weighted by molar-refractivity contribution is 0.362. The molecule has 0 heterocycles. The van der Waals surface area contributed by atoms with Gasteiger partial charge in [0.05, 0.1) is 0 Å². The van der Waals surface area contributed by atoms with Crippen LogP contribution in [0.5, 0.6) is 0 Å².